The molecule has 0 saturated heterocycles. The second-order valence-corrected chi connectivity index (χ2v) is 8.25. The highest BCUT2D eigenvalue weighted by atomic mass is 79.9. The number of halogens is 4. The maximum absolute atomic E-state index is 14.2. The molecule has 166 valence electrons. The third kappa shape index (κ3) is 5.56. The van der Waals surface area contributed by atoms with Gasteiger partial charge in [0.05, 0.1) is 5.69 Å². The van der Waals surface area contributed by atoms with Gasteiger partial charge in [-0.1, -0.05) is 45.8 Å². The summed E-state index contributed by atoms with van der Waals surface area (Å²) in [6, 6.07) is 15.7. The van der Waals surface area contributed by atoms with Crippen LogP contribution >= 0.6 is 15.9 Å². The smallest absolute Gasteiger partial charge is 0.440 e. The standard InChI is InChI=1S/C24H21BrF3N3O/c1-16-4-10-19(11-5-16)29-23(24(26,27)28)21(22(32)17-6-8-18(25)9-7-17)31-14-12-20(13-15-31)30(2)3/h4-15H,1-3H3. The van der Waals surface area contributed by atoms with E-state index in [1.54, 1.807) is 36.4 Å². The molecule has 4 nitrogen and oxygen atoms in total. The van der Waals surface area contributed by atoms with E-state index in [-0.39, 0.29) is 11.3 Å². The molecule has 2 aromatic carbocycles. The van der Waals surface area contributed by atoms with E-state index in [0.717, 1.165) is 15.8 Å². The lowest BCUT2D eigenvalue weighted by atomic mass is 10.1. The molecule has 32 heavy (non-hydrogen) atoms. The van der Waals surface area contributed by atoms with Gasteiger partial charge in [0.1, 0.15) is 0 Å². The summed E-state index contributed by atoms with van der Waals surface area (Å²) in [7, 11) is 3.63. The van der Waals surface area contributed by atoms with Crippen LogP contribution in [0.5, 0.6) is 0 Å². The van der Waals surface area contributed by atoms with Crippen LogP contribution in [0.4, 0.5) is 24.5 Å². The Kier molecular flexibility index (Phi) is 7.03. The fraction of sp³-hybridized carbons (Fsp3) is 0.167. The maximum atomic E-state index is 14.2. The SMILES string of the molecule is Cc1ccc(N=C(/C(=C(\[O-])c2ccc(Br)cc2)[n+]2ccc(N(C)C)cc2)C(F)(F)F)cc1. The molecule has 0 aliphatic heterocycles. The first-order chi connectivity index (χ1) is 15.1. The zero-order chi connectivity index (χ0) is 23.5. The van der Waals surface area contributed by atoms with Gasteiger partial charge >= 0.3 is 6.18 Å². The van der Waals surface area contributed by atoms with Crippen LogP contribution in [-0.2, 0) is 0 Å². The van der Waals surface area contributed by atoms with Crippen LogP contribution in [0.2, 0.25) is 0 Å². The number of aryl methyl sites for hydroxylation is 1. The summed E-state index contributed by atoms with van der Waals surface area (Å²) in [4.78, 5) is 5.67. The van der Waals surface area contributed by atoms with Crippen LogP contribution in [0.15, 0.2) is 82.5 Å². The van der Waals surface area contributed by atoms with Gasteiger partial charge in [-0.15, -0.1) is 0 Å². The van der Waals surface area contributed by atoms with Crippen molar-refractivity contribution in [1.82, 2.24) is 0 Å². The Bertz CT molecular complexity index is 1140. The van der Waals surface area contributed by atoms with Crippen LogP contribution in [-0.4, -0.2) is 26.0 Å². The first-order valence-electron chi connectivity index (χ1n) is 9.65. The second kappa shape index (κ2) is 9.56. The van der Waals surface area contributed by atoms with Gasteiger partial charge in [-0.3, -0.25) is 0 Å². The molecule has 3 rings (SSSR count). The van der Waals surface area contributed by atoms with E-state index < -0.39 is 23.3 Å². The lowest BCUT2D eigenvalue weighted by Gasteiger charge is -2.19. The largest absolute Gasteiger partial charge is 0.868 e. The van der Waals surface area contributed by atoms with E-state index in [2.05, 4.69) is 20.9 Å². The van der Waals surface area contributed by atoms with Crippen molar-refractivity contribution in [2.45, 2.75) is 13.1 Å². The number of hydrogen-bond acceptors (Lipinski definition) is 3. The number of pyridine rings is 1. The molecular formula is C24H21BrF3N3O. The summed E-state index contributed by atoms with van der Waals surface area (Å²) < 4.78 is 44.6. The van der Waals surface area contributed by atoms with E-state index in [1.165, 1.54) is 36.7 Å². The van der Waals surface area contributed by atoms with Gasteiger partial charge in [0.15, 0.2) is 12.4 Å². The number of hydrogen-bond donors (Lipinski definition) is 0. The number of aromatic nitrogens is 1. The van der Waals surface area contributed by atoms with Crippen LogP contribution in [0.1, 0.15) is 11.1 Å². The lowest BCUT2D eigenvalue weighted by molar-refractivity contribution is -0.578. The molecule has 0 bridgehead atoms. The molecule has 0 aliphatic rings. The van der Waals surface area contributed by atoms with E-state index in [1.807, 2.05) is 25.9 Å². The zero-order valence-electron chi connectivity index (χ0n) is 17.7. The Morgan fingerprint density at radius 3 is 2.00 bits per heavy atom. The Hall–Kier alpha value is -3.13. The predicted octanol–water partition coefficient (Wildman–Crippen LogP) is 5.13. The minimum Gasteiger partial charge on any atom is -0.868 e. The molecule has 0 N–H and O–H groups in total. The molecule has 0 atom stereocenters. The first kappa shape index (κ1) is 23.5. The summed E-state index contributed by atoms with van der Waals surface area (Å²) in [6.45, 7) is 1.83. The van der Waals surface area contributed by atoms with Gasteiger partial charge in [0, 0.05) is 36.4 Å². The molecule has 3 aromatic rings. The average Bonchev–Trinajstić information content (AvgIpc) is 2.74. The van der Waals surface area contributed by atoms with Crippen LogP contribution in [0.3, 0.4) is 0 Å². The Labute approximate surface area is 193 Å². The number of rotatable bonds is 5. The predicted molar refractivity (Wildman–Crippen MR) is 123 cm³/mol. The summed E-state index contributed by atoms with van der Waals surface area (Å²) in [5.74, 6) is -0.789. The second-order valence-electron chi connectivity index (χ2n) is 7.34. The Morgan fingerprint density at radius 2 is 1.50 bits per heavy atom. The number of aliphatic imine (C=N–C) groups is 1. The van der Waals surface area contributed by atoms with E-state index >= 15 is 0 Å². The first-order valence-corrected chi connectivity index (χ1v) is 10.4. The Morgan fingerprint density at radius 1 is 0.938 bits per heavy atom. The third-order valence-corrected chi connectivity index (χ3v) is 5.20. The fourth-order valence-corrected chi connectivity index (χ4v) is 3.21. The highest BCUT2D eigenvalue weighted by Gasteiger charge is 2.43. The molecule has 0 amide bonds. The van der Waals surface area contributed by atoms with Gasteiger partial charge in [-0.05, 0) is 42.5 Å². The molecule has 0 unspecified atom stereocenters. The minimum absolute atomic E-state index is 0.106. The van der Waals surface area contributed by atoms with Gasteiger partial charge < -0.3 is 10.0 Å². The van der Waals surface area contributed by atoms with Crippen LogP contribution in [0, 0.1) is 6.92 Å². The van der Waals surface area contributed by atoms with E-state index in [4.69, 9.17) is 0 Å². The van der Waals surface area contributed by atoms with Gasteiger partial charge in [0.2, 0.25) is 11.4 Å². The summed E-state index contributed by atoms with van der Waals surface area (Å²) in [5, 5.41) is 13.3. The van der Waals surface area contributed by atoms with Crippen LogP contribution in [0.25, 0.3) is 11.5 Å². The number of benzene rings is 2. The Balaban J connectivity index is 2.28. The summed E-state index contributed by atoms with van der Waals surface area (Å²) >= 11 is 3.28. The van der Waals surface area contributed by atoms with Crippen molar-refractivity contribution in [2.75, 3.05) is 19.0 Å². The van der Waals surface area contributed by atoms with Crippen molar-refractivity contribution in [1.29, 1.82) is 0 Å². The summed E-state index contributed by atoms with van der Waals surface area (Å²) in [6.07, 6.45) is -2.01. The van der Waals surface area contributed by atoms with Gasteiger partial charge in [-0.25, -0.2) is 4.99 Å². The number of anilines is 1. The highest BCUT2D eigenvalue weighted by Crippen LogP contribution is 2.29. The molecule has 0 aliphatic carbocycles. The quantitative estimate of drug-likeness (QED) is 0.275. The van der Waals surface area contributed by atoms with Crippen molar-refractivity contribution in [3.05, 3.63) is 88.7 Å². The molecule has 0 fully saturated rings. The van der Waals surface area contributed by atoms with Gasteiger partial charge in [0.25, 0.3) is 0 Å². The molecule has 8 heteroatoms. The third-order valence-electron chi connectivity index (χ3n) is 4.68. The molecule has 1 heterocycles. The van der Waals surface area contributed by atoms with E-state index in [0.29, 0.717) is 4.47 Å². The highest BCUT2D eigenvalue weighted by molar-refractivity contribution is 9.10. The average molecular weight is 504 g/mol. The van der Waals surface area contributed by atoms with Crippen molar-refractivity contribution < 1.29 is 22.8 Å². The van der Waals surface area contributed by atoms with Crippen molar-refractivity contribution >= 4 is 44.5 Å². The normalized spacial score (nSPS) is 13.0. The van der Waals surface area contributed by atoms with E-state index in [9.17, 15) is 18.3 Å². The number of allylic oxidation sites excluding steroid dienone is 1. The minimum atomic E-state index is -4.86. The summed E-state index contributed by atoms with van der Waals surface area (Å²) in [5.41, 5.74) is 0.0485. The molecule has 1 aromatic heterocycles. The molecule has 0 radical (unpaired) electrons. The fourth-order valence-electron chi connectivity index (χ4n) is 2.95. The molecule has 0 spiro atoms. The van der Waals surface area contributed by atoms with Crippen LogP contribution < -0.4 is 14.6 Å². The van der Waals surface area contributed by atoms with Crippen molar-refractivity contribution in [3.8, 4) is 0 Å². The zero-order valence-corrected chi connectivity index (χ0v) is 19.3. The number of alkyl halides is 3. The van der Waals surface area contributed by atoms with Crippen molar-refractivity contribution in [3.63, 3.8) is 0 Å². The maximum Gasteiger partial charge on any atom is 0.440 e. The monoisotopic (exact) mass is 503 g/mol. The lowest BCUT2D eigenvalue weighted by Crippen LogP contribution is -2.43. The van der Waals surface area contributed by atoms with Gasteiger partial charge in [-0.2, -0.15) is 17.7 Å². The molecular weight excluding hydrogens is 483 g/mol. The number of nitrogens with zero attached hydrogens (tertiary/aromatic N) is 3. The van der Waals surface area contributed by atoms with Crippen molar-refractivity contribution in [2.24, 2.45) is 4.99 Å². The topological polar surface area (TPSA) is 42.5 Å². The molecule has 0 saturated carbocycles.